The first-order chi connectivity index (χ1) is 31.5. The number of carbonyl (C=O) groups is 2. The molecule has 2 amide bonds. The summed E-state index contributed by atoms with van der Waals surface area (Å²) in [6.07, 6.45) is 9.07. The number of aromatic hydroxyl groups is 2. The number of rotatable bonds is 10. The van der Waals surface area contributed by atoms with Gasteiger partial charge in [-0.3, -0.25) is 9.59 Å². The van der Waals surface area contributed by atoms with Gasteiger partial charge in [0.25, 0.3) is 11.8 Å². The van der Waals surface area contributed by atoms with Crippen molar-refractivity contribution in [2.45, 2.75) is 119 Å². The predicted molar refractivity (Wildman–Crippen MR) is 276 cm³/mol. The molecule has 15 heteroatoms. The lowest BCUT2D eigenvalue weighted by atomic mass is 9.87. The fourth-order valence-electron chi connectivity index (χ4n) is 9.05. The second-order valence-corrected chi connectivity index (χ2v) is 19.6. The Balaban J connectivity index is 0.000000229. The number of carbonyl (C=O) groups excluding carboxylic acids is 2. The summed E-state index contributed by atoms with van der Waals surface area (Å²) in [5.74, 6) is 0.197. The van der Waals surface area contributed by atoms with Crippen molar-refractivity contribution in [3.05, 3.63) is 117 Å². The normalized spacial score (nSPS) is 12.7. The molecule has 0 saturated carbocycles. The standard InChI is InChI=1S/C27H32N2O2.C25H28N2O4.BCl3.ClH/c1-6-28-27(30)26-24(21-12-11-19-9-7-8-10-20(19)14-21)25(29-31-26)23-15-22(16(2)3)17(4)13-18(23)5;1-4-26-25(30)24-22(17-10-9-15-7-5-6-8-16(15)11-17)23(27-31-24)19-12-18(14(2)3)20(28)13-21(19)29;2-1(3)4;/h11-16H,6-10H2,1-5H3,(H,28,30);9-14,28-29H,4-8H2,1-3H3,(H,26,30);;1H. The highest BCUT2D eigenvalue weighted by molar-refractivity contribution is 7.54. The molecular weight excluding hydrogens is 929 g/mol. The Labute approximate surface area is 415 Å². The van der Waals surface area contributed by atoms with E-state index in [-0.39, 0.29) is 47.4 Å². The van der Waals surface area contributed by atoms with Gasteiger partial charge >= 0.3 is 4.96 Å². The largest absolute Gasteiger partial charge is 0.508 e. The Morgan fingerprint density at radius 3 is 1.46 bits per heavy atom. The summed E-state index contributed by atoms with van der Waals surface area (Å²) < 4.78 is 11.2. The maximum absolute atomic E-state index is 12.8. The summed E-state index contributed by atoms with van der Waals surface area (Å²) in [5.41, 5.74) is 15.6. The monoisotopic (exact) mass is 988 g/mol. The lowest BCUT2D eigenvalue weighted by Crippen LogP contribution is -2.22. The Kier molecular flexibility index (Phi) is 18.9. The minimum atomic E-state index is -0.750. The lowest BCUT2D eigenvalue weighted by Gasteiger charge is -2.17. The van der Waals surface area contributed by atoms with Crippen LogP contribution in [0.25, 0.3) is 44.8 Å². The van der Waals surface area contributed by atoms with Crippen molar-refractivity contribution >= 4 is 63.6 Å². The molecular formula is C52H61BCl4N4O6. The third kappa shape index (κ3) is 12.4. The number of phenolic OH excluding ortho intramolecular Hbond substituents is 2. The molecule has 4 aromatic carbocycles. The highest BCUT2D eigenvalue weighted by Crippen LogP contribution is 2.44. The molecule has 0 spiro atoms. The number of benzene rings is 4. The van der Waals surface area contributed by atoms with E-state index in [1.807, 2.05) is 33.8 Å². The number of hydrogen-bond acceptors (Lipinski definition) is 8. The summed E-state index contributed by atoms with van der Waals surface area (Å²) in [6.45, 7) is 17.3. The maximum atomic E-state index is 12.8. The molecule has 2 aliphatic rings. The molecule has 8 rings (SSSR count). The van der Waals surface area contributed by atoms with Gasteiger partial charge in [-0.2, -0.15) is 34.4 Å². The molecule has 0 unspecified atom stereocenters. The first-order valence-electron chi connectivity index (χ1n) is 22.9. The van der Waals surface area contributed by atoms with Gasteiger partial charge in [-0.25, -0.2) is 0 Å². The molecule has 0 saturated heterocycles. The molecule has 6 aromatic rings. The second kappa shape index (κ2) is 23.9. The van der Waals surface area contributed by atoms with Gasteiger partial charge in [0.15, 0.2) is 0 Å². The van der Waals surface area contributed by atoms with Crippen molar-refractivity contribution in [2.75, 3.05) is 13.1 Å². The number of fused-ring (bicyclic) bond motifs is 2. The zero-order valence-corrected chi connectivity index (χ0v) is 42.6. The number of nitrogens with one attached hydrogen (secondary N) is 2. The minimum Gasteiger partial charge on any atom is -0.508 e. The van der Waals surface area contributed by atoms with Gasteiger partial charge in [0, 0.05) is 30.3 Å². The van der Waals surface area contributed by atoms with Crippen LogP contribution in [-0.4, -0.2) is 50.4 Å². The zero-order valence-electron chi connectivity index (χ0n) is 39.5. The number of hydrogen-bond donors (Lipinski definition) is 4. The van der Waals surface area contributed by atoms with Crippen molar-refractivity contribution in [1.82, 2.24) is 20.9 Å². The van der Waals surface area contributed by atoms with Crippen LogP contribution in [0.1, 0.15) is 145 Å². The zero-order chi connectivity index (χ0) is 47.8. The van der Waals surface area contributed by atoms with E-state index in [1.165, 1.54) is 58.7 Å². The number of amides is 2. The van der Waals surface area contributed by atoms with Gasteiger partial charge in [0.2, 0.25) is 11.5 Å². The van der Waals surface area contributed by atoms with E-state index in [4.69, 9.17) is 43.4 Å². The van der Waals surface area contributed by atoms with Gasteiger partial charge in [-0.15, -0.1) is 12.4 Å². The Morgan fingerprint density at radius 1 is 0.612 bits per heavy atom. The van der Waals surface area contributed by atoms with Crippen LogP contribution >= 0.6 is 46.8 Å². The quantitative estimate of drug-likeness (QED) is 0.0991. The molecule has 0 radical (unpaired) electrons. The lowest BCUT2D eigenvalue weighted by molar-refractivity contribution is 0.0912. The molecule has 2 aromatic heterocycles. The topological polar surface area (TPSA) is 151 Å². The van der Waals surface area contributed by atoms with E-state index >= 15 is 0 Å². The third-order valence-corrected chi connectivity index (χ3v) is 12.3. The number of phenols is 2. The van der Waals surface area contributed by atoms with Crippen LogP contribution in [0, 0.1) is 13.8 Å². The molecule has 0 aliphatic heterocycles. The molecule has 356 valence electrons. The van der Waals surface area contributed by atoms with Crippen molar-refractivity contribution in [2.24, 2.45) is 0 Å². The smallest absolute Gasteiger partial charge is 0.450 e. The van der Waals surface area contributed by atoms with E-state index < -0.39 is 4.96 Å². The van der Waals surface area contributed by atoms with Crippen molar-refractivity contribution in [3.63, 3.8) is 0 Å². The van der Waals surface area contributed by atoms with Gasteiger partial charge in [-0.05, 0) is 159 Å². The van der Waals surface area contributed by atoms with Gasteiger partial charge in [0.1, 0.15) is 22.9 Å². The van der Waals surface area contributed by atoms with Gasteiger partial charge in [0.05, 0.1) is 11.1 Å². The van der Waals surface area contributed by atoms with Crippen LogP contribution in [0.5, 0.6) is 11.5 Å². The first kappa shape index (κ1) is 53.0. The number of nitrogens with zero attached hydrogens (tertiary/aromatic N) is 2. The SMILES string of the molecule is CCNC(=O)c1onc(-c2cc(C(C)C)c(C)cc2C)c1-c1ccc2c(c1)CCCC2.CCNC(=O)c1onc(-c2cc(C(C)C)c(O)cc2O)c1-c1ccc2c(c1)CCCC2.Cl.ClB(Cl)Cl. The van der Waals surface area contributed by atoms with E-state index in [0.29, 0.717) is 47.2 Å². The van der Waals surface area contributed by atoms with E-state index in [2.05, 4.69) is 91.1 Å². The van der Waals surface area contributed by atoms with Crippen LogP contribution in [0.3, 0.4) is 0 Å². The Morgan fingerprint density at radius 2 is 1.03 bits per heavy atom. The summed E-state index contributed by atoms with van der Waals surface area (Å²) in [4.78, 5) is 24.8. The van der Waals surface area contributed by atoms with Crippen LogP contribution in [-0.2, 0) is 25.7 Å². The van der Waals surface area contributed by atoms with Crippen LogP contribution in [0.4, 0.5) is 0 Å². The molecule has 4 N–H and O–H groups in total. The first-order valence-corrected chi connectivity index (χ1v) is 24.2. The summed E-state index contributed by atoms with van der Waals surface area (Å²) in [6, 6.07) is 20.2. The van der Waals surface area contributed by atoms with Crippen LogP contribution in [0.15, 0.2) is 69.7 Å². The Bertz CT molecular complexity index is 2510. The van der Waals surface area contributed by atoms with E-state index in [1.54, 1.807) is 6.07 Å². The molecule has 2 heterocycles. The molecule has 0 atom stereocenters. The highest BCUT2D eigenvalue weighted by Gasteiger charge is 2.29. The molecule has 0 bridgehead atoms. The average molecular weight is 991 g/mol. The minimum absolute atomic E-state index is 0. The maximum Gasteiger partial charge on any atom is 0.450 e. The van der Waals surface area contributed by atoms with Gasteiger partial charge in [-0.1, -0.05) is 80.5 Å². The van der Waals surface area contributed by atoms with Crippen molar-refractivity contribution in [3.8, 4) is 56.3 Å². The summed E-state index contributed by atoms with van der Waals surface area (Å²) >= 11 is 14.4. The predicted octanol–water partition coefficient (Wildman–Crippen LogP) is 13.7. The summed E-state index contributed by atoms with van der Waals surface area (Å²) in [7, 11) is 0. The average Bonchev–Trinajstić information content (AvgIpc) is 3.92. The number of aryl methyl sites for hydroxylation is 6. The fraction of sp³-hybridized carbons (Fsp3) is 0.385. The van der Waals surface area contributed by atoms with Crippen molar-refractivity contribution in [1.29, 1.82) is 0 Å². The van der Waals surface area contributed by atoms with Gasteiger partial charge < -0.3 is 29.9 Å². The molecule has 67 heavy (non-hydrogen) atoms. The van der Waals surface area contributed by atoms with Crippen LogP contribution < -0.4 is 10.6 Å². The Hall–Kier alpha value is -4.94. The molecule has 0 fully saturated rings. The number of halogens is 4. The fourth-order valence-corrected chi connectivity index (χ4v) is 9.05. The molecule has 10 nitrogen and oxygen atoms in total. The summed E-state index contributed by atoms with van der Waals surface area (Å²) in [5, 5.41) is 35.2. The van der Waals surface area contributed by atoms with E-state index in [0.717, 1.165) is 65.6 Å². The van der Waals surface area contributed by atoms with Crippen molar-refractivity contribution < 1.29 is 28.8 Å². The second-order valence-electron chi connectivity index (χ2n) is 17.6. The third-order valence-electron chi connectivity index (χ3n) is 12.3. The van der Waals surface area contributed by atoms with E-state index in [9.17, 15) is 19.8 Å². The van der Waals surface area contributed by atoms with Crippen LogP contribution in [0.2, 0.25) is 0 Å². The highest BCUT2D eigenvalue weighted by atomic mass is 35.6. The number of aromatic nitrogens is 2. The molecule has 2 aliphatic carbocycles.